The van der Waals surface area contributed by atoms with E-state index in [1.54, 1.807) is 4.68 Å². The zero-order valence-electron chi connectivity index (χ0n) is 21.9. The molecule has 3 heterocycles. The number of rotatable bonds is 8. The van der Waals surface area contributed by atoms with E-state index in [1.165, 1.54) is 31.3 Å². The van der Waals surface area contributed by atoms with Gasteiger partial charge >= 0.3 is 5.97 Å². The molecule has 1 amide bonds. The van der Waals surface area contributed by atoms with Crippen molar-refractivity contribution in [3.8, 4) is 0 Å². The van der Waals surface area contributed by atoms with Crippen molar-refractivity contribution >= 4 is 21.9 Å². The lowest BCUT2D eigenvalue weighted by molar-refractivity contribution is 0.0159. The second-order valence-electron chi connectivity index (χ2n) is 10.7. The van der Waals surface area contributed by atoms with Crippen molar-refractivity contribution in [1.82, 2.24) is 19.8 Å². The zero-order chi connectivity index (χ0) is 26.8. The minimum atomic E-state index is -3.58. The molecule has 2 aliphatic heterocycles. The number of ether oxygens (including phenoxy) is 2. The van der Waals surface area contributed by atoms with Crippen LogP contribution in [0.5, 0.6) is 0 Å². The van der Waals surface area contributed by atoms with Gasteiger partial charge in [-0.1, -0.05) is 13.8 Å². The van der Waals surface area contributed by atoms with E-state index in [4.69, 9.17) is 14.6 Å². The maximum atomic E-state index is 13.1. The number of hydrogen-bond acceptors (Lipinski definition) is 7. The summed E-state index contributed by atoms with van der Waals surface area (Å²) in [7, 11) is -2.25. The molecular weight excluding hydrogens is 496 g/mol. The van der Waals surface area contributed by atoms with Crippen molar-refractivity contribution in [3.63, 3.8) is 0 Å². The molecule has 2 aliphatic rings. The quantitative estimate of drug-likeness (QED) is 0.499. The van der Waals surface area contributed by atoms with Crippen molar-refractivity contribution in [3.05, 3.63) is 46.8 Å². The summed E-state index contributed by atoms with van der Waals surface area (Å²) in [5.41, 5.74) is 2.26. The van der Waals surface area contributed by atoms with Crippen molar-refractivity contribution in [2.45, 2.75) is 57.9 Å². The number of aryl methyl sites for hydroxylation is 1. The Morgan fingerprint density at radius 3 is 2.54 bits per heavy atom. The van der Waals surface area contributed by atoms with Crippen molar-refractivity contribution < 1.29 is 27.5 Å². The van der Waals surface area contributed by atoms with Gasteiger partial charge in [0.15, 0.2) is 0 Å². The highest BCUT2D eigenvalue weighted by Crippen LogP contribution is 2.38. The Labute approximate surface area is 218 Å². The molecule has 0 saturated carbocycles. The number of hydrogen-bond donors (Lipinski definition) is 2. The van der Waals surface area contributed by atoms with E-state index in [9.17, 15) is 18.0 Å². The van der Waals surface area contributed by atoms with Gasteiger partial charge in [-0.25, -0.2) is 17.9 Å². The molecule has 4 rings (SSSR count). The van der Waals surface area contributed by atoms with Crippen molar-refractivity contribution in [2.24, 2.45) is 10.8 Å². The first kappa shape index (κ1) is 27.3. The Morgan fingerprint density at radius 2 is 1.92 bits per heavy atom. The first-order valence-corrected chi connectivity index (χ1v) is 14.1. The summed E-state index contributed by atoms with van der Waals surface area (Å²) in [6.07, 6.45) is 3.07. The van der Waals surface area contributed by atoms with Crippen LogP contribution in [0.4, 0.5) is 0 Å². The van der Waals surface area contributed by atoms with Gasteiger partial charge < -0.3 is 14.8 Å². The fraction of sp³-hybridized carbons (Fsp3) is 0.577. The van der Waals surface area contributed by atoms with Crippen molar-refractivity contribution in [1.29, 1.82) is 0 Å². The lowest BCUT2D eigenvalue weighted by Crippen LogP contribution is -2.40. The Bertz CT molecular complexity index is 1260. The van der Waals surface area contributed by atoms with E-state index in [1.807, 2.05) is 20.8 Å². The monoisotopic (exact) mass is 532 g/mol. The summed E-state index contributed by atoms with van der Waals surface area (Å²) in [5, 5.41) is 7.93. The summed E-state index contributed by atoms with van der Waals surface area (Å²) in [6.45, 7) is 8.70. The largest absolute Gasteiger partial charge is 0.462 e. The summed E-state index contributed by atoms with van der Waals surface area (Å²) in [4.78, 5) is 25.8. The number of nitrogens with zero attached hydrogens (tertiary/aromatic N) is 2. The number of fused-ring (bicyclic) bond motifs is 1. The minimum Gasteiger partial charge on any atom is -0.462 e. The maximum Gasteiger partial charge on any atom is 0.338 e. The van der Waals surface area contributed by atoms with Crippen LogP contribution in [0.25, 0.3) is 0 Å². The van der Waals surface area contributed by atoms with Crippen molar-refractivity contribution in [2.75, 3.05) is 33.4 Å². The summed E-state index contributed by atoms with van der Waals surface area (Å²) in [6, 6.07) is 5.62. The molecule has 1 fully saturated rings. The van der Waals surface area contributed by atoms with Gasteiger partial charge in [0.2, 0.25) is 10.0 Å². The van der Waals surface area contributed by atoms with Crippen LogP contribution in [0.1, 0.15) is 65.7 Å². The van der Waals surface area contributed by atoms with Crippen LogP contribution < -0.4 is 10.0 Å². The van der Waals surface area contributed by atoms with Gasteiger partial charge in [-0.2, -0.15) is 5.10 Å². The molecule has 0 bridgehead atoms. The van der Waals surface area contributed by atoms with Gasteiger partial charge in [0.25, 0.3) is 5.91 Å². The molecule has 2 aromatic rings. The summed E-state index contributed by atoms with van der Waals surface area (Å²) in [5.74, 6) is -0.619. The van der Waals surface area contributed by atoms with E-state index in [0.717, 1.165) is 30.5 Å². The number of aromatic nitrogens is 2. The van der Waals surface area contributed by atoms with E-state index in [2.05, 4.69) is 10.0 Å². The summed E-state index contributed by atoms with van der Waals surface area (Å²) >= 11 is 0. The highest BCUT2D eigenvalue weighted by atomic mass is 32.2. The standard InChI is InChI=1S/C26H36N4O6S/c1-5-30-22-20(14-26(16-28-23(22)31)10-12-35-13-11-26)21(29-30)15-25(2,3)17-36-24(32)18-6-8-19(9-7-18)37(33,34)27-4/h6-9,27H,5,10-17H2,1-4H3,(H,28,31). The Balaban J connectivity index is 1.50. The molecule has 0 unspecified atom stereocenters. The number of benzene rings is 1. The van der Waals surface area contributed by atoms with Gasteiger partial charge in [0.05, 0.1) is 22.8 Å². The van der Waals surface area contributed by atoms with Crippen LogP contribution in [-0.2, 0) is 38.9 Å². The Kier molecular flexibility index (Phi) is 7.77. The van der Waals surface area contributed by atoms with Crippen LogP contribution in [-0.4, -0.2) is 63.5 Å². The predicted octanol–water partition coefficient (Wildman–Crippen LogP) is 2.32. The molecule has 1 spiro atoms. The Morgan fingerprint density at radius 1 is 1.24 bits per heavy atom. The molecular formula is C26H36N4O6S. The zero-order valence-corrected chi connectivity index (χ0v) is 22.7. The molecule has 1 saturated heterocycles. The van der Waals surface area contributed by atoms with E-state index in [0.29, 0.717) is 38.4 Å². The number of esters is 1. The third-order valence-electron chi connectivity index (χ3n) is 7.29. The lowest BCUT2D eigenvalue weighted by atomic mass is 9.74. The molecule has 10 nitrogen and oxygen atoms in total. The first-order valence-electron chi connectivity index (χ1n) is 12.6. The molecule has 37 heavy (non-hydrogen) atoms. The van der Waals surface area contributed by atoms with Gasteiger partial charge in [-0.15, -0.1) is 0 Å². The predicted molar refractivity (Wildman–Crippen MR) is 137 cm³/mol. The number of sulfonamides is 1. The molecule has 1 aromatic carbocycles. The fourth-order valence-electron chi connectivity index (χ4n) is 5.04. The SMILES string of the molecule is CCn1nc(CC(C)(C)COC(=O)c2ccc(S(=O)(=O)NC)cc2)c2c1C(=O)NCC1(CCOCC1)C2. The van der Waals surface area contributed by atoms with Crippen LogP contribution in [0.2, 0.25) is 0 Å². The first-order chi connectivity index (χ1) is 17.5. The van der Waals surface area contributed by atoms with Gasteiger partial charge in [0, 0.05) is 43.7 Å². The molecule has 11 heteroatoms. The smallest absolute Gasteiger partial charge is 0.338 e. The molecule has 0 aliphatic carbocycles. The highest BCUT2D eigenvalue weighted by Gasteiger charge is 2.40. The molecule has 0 atom stereocenters. The average molecular weight is 533 g/mol. The number of nitrogens with one attached hydrogen (secondary N) is 2. The number of carbonyl (C=O) groups is 2. The topological polar surface area (TPSA) is 129 Å². The van der Waals surface area contributed by atoms with Gasteiger partial charge in [0.1, 0.15) is 5.69 Å². The maximum absolute atomic E-state index is 13.1. The van der Waals surface area contributed by atoms with E-state index in [-0.39, 0.29) is 28.4 Å². The normalized spacial score (nSPS) is 17.7. The Hall–Kier alpha value is -2.76. The number of amides is 1. The second kappa shape index (κ2) is 10.5. The van der Waals surface area contributed by atoms with E-state index >= 15 is 0 Å². The highest BCUT2D eigenvalue weighted by molar-refractivity contribution is 7.89. The molecule has 1 aromatic heterocycles. The third-order valence-corrected chi connectivity index (χ3v) is 8.72. The van der Waals surface area contributed by atoms with Crippen LogP contribution >= 0.6 is 0 Å². The van der Waals surface area contributed by atoms with E-state index < -0.39 is 21.4 Å². The van der Waals surface area contributed by atoms with Gasteiger partial charge in [-0.05, 0) is 62.9 Å². The van der Waals surface area contributed by atoms with Crippen LogP contribution in [0, 0.1) is 10.8 Å². The average Bonchev–Trinajstić information content (AvgIpc) is 3.15. The fourth-order valence-corrected chi connectivity index (χ4v) is 5.77. The van der Waals surface area contributed by atoms with Gasteiger partial charge in [-0.3, -0.25) is 9.48 Å². The lowest BCUT2D eigenvalue weighted by Gasteiger charge is -2.36. The molecule has 202 valence electrons. The number of carbonyl (C=O) groups excluding carboxylic acids is 2. The minimum absolute atomic E-state index is 0.0426. The summed E-state index contributed by atoms with van der Waals surface area (Å²) < 4.78 is 39.1. The van der Waals surface area contributed by atoms with Crippen LogP contribution in [0.15, 0.2) is 29.2 Å². The molecule has 2 N–H and O–H groups in total. The second-order valence-corrected chi connectivity index (χ2v) is 12.6. The molecule has 0 radical (unpaired) electrons. The third kappa shape index (κ3) is 5.89. The van der Waals surface area contributed by atoms with Crippen LogP contribution in [0.3, 0.4) is 0 Å².